The molecule has 1 aliphatic rings. The maximum atomic E-state index is 12.8. The fraction of sp³-hybridized carbons (Fsp3) is 0.526. The Kier molecular flexibility index (Phi) is 6.35. The van der Waals surface area contributed by atoms with E-state index in [9.17, 15) is 4.79 Å². The molecule has 0 bridgehead atoms. The molecule has 7 heteroatoms. The van der Waals surface area contributed by atoms with Gasteiger partial charge in [-0.15, -0.1) is 0 Å². The van der Waals surface area contributed by atoms with Crippen molar-refractivity contribution in [1.82, 2.24) is 15.0 Å². The lowest BCUT2D eigenvalue weighted by Crippen LogP contribution is -2.32. The first kappa shape index (κ1) is 18.5. The summed E-state index contributed by atoms with van der Waals surface area (Å²) in [5, 5.41) is 4.06. The molecule has 0 aliphatic carbocycles. The van der Waals surface area contributed by atoms with E-state index in [1.54, 1.807) is 7.11 Å². The van der Waals surface area contributed by atoms with Crippen LogP contribution >= 0.6 is 0 Å². The number of methoxy groups -OCH3 is 1. The van der Waals surface area contributed by atoms with Crippen LogP contribution in [-0.4, -0.2) is 47.8 Å². The molecule has 1 fully saturated rings. The highest BCUT2D eigenvalue weighted by molar-refractivity contribution is 5.79. The second kappa shape index (κ2) is 8.91. The smallest absolute Gasteiger partial charge is 0.252 e. The summed E-state index contributed by atoms with van der Waals surface area (Å²) in [7, 11) is 1.62. The third kappa shape index (κ3) is 4.68. The molecular weight excluding hydrogens is 334 g/mol. The van der Waals surface area contributed by atoms with Gasteiger partial charge in [0, 0.05) is 13.7 Å². The number of hydrogen-bond acceptors (Lipinski definition) is 6. The number of aromatic nitrogens is 2. The van der Waals surface area contributed by atoms with Crippen molar-refractivity contribution in [3.05, 3.63) is 47.1 Å². The Morgan fingerprint density at radius 3 is 3.08 bits per heavy atom. The van der Waals surface area contributed by atoms with Crippen molar-refractivity contribution in [2.75, 3.05) is 26.9 Å². The molecule has 0 saturated carbocycles. The Balaban J connectivity index is 1.61. The number of rotatable bonds is 8. The maximum absolute atomic E-state index is 12.8. The number of benzene rings is 1. The van der Waals surface area contributed by atoms with Crippen LogP contribution in [0.4, 0.5) is 0 Å². The van der Waals surface area contributed by atoms with E-state index in [1.807, 2.05) is 36.1 Å². The van der Waals surface area contributed by atoms with Gasteiger partial charge < -0.3 is 18.9 Å². The average Bonchev–Trinajstić information content (AvgIpc) is 3.28. The molecule has 1 atom stereocenters. The van der Waals surface area contributed by atoms with Gasteiger partial charge in [-0.25, -0.2) is 0 Å². The molecule has 2 aromatic rings. The lowest BCUT2D eigenvalue weighted by Gasteiger charge is -2.22. The fourth-order valence-electron chi connectivity index (χ4n) is 3.20. The van der Waals surface area contributed by atoms with Crippen LogP contribution in [0.5, 0.6) is 0 Å². The normalized spacial score (nSPS) is 17.0. The lowest BCUT2D eigenvalue weighted by atomic mass is 10.1. The fourth-order valence-corrected chi connectivity index (χ4v) is 3.20. The van der Waals surface area contributed by atoms with E-state index in [0.29, 0.717) is 31.3 Å². The largest absolute Gasteiger partial charge is 0.382 e. The number of carbonyl (C=O) groups is 1. The predicted molar refractivity (Wildman–Crippen MR) is 94.4 cm³/mol. The number of nitrogens with zero attached hydrogens (tertiary/aromatic N) is 3. The Morgan fingerprint density at radius 1 is 1.38 bits per heavy atom. The minimum atomic E-state index is -0.121. The first-order valence-electron chi connectivity index (χ1n) is 8.91. The first-order chi connectivity index (χ1) is 12.7. The SMILES string of the molecule is COCCOCc1nc(C2CCCN2C(=O)Cc2cccc(C)c2)no1. The molecule has 1 aromatic carbocycles. The maximum Gasteiger partial charge on any atom is 0.252 e. The summed E-state index contributed by atoms with van der Waals surface area (Å²) in [6.07, 6.45) is 2.19. The molecule has 0 radical (unpaired) electrons. The average molecular weight is 359 g/mol. The van der Waals surface area contributed by atoms with E-state index in [2.05, 4.69) is 10.1 Å². The van der Waals surface area contributed by atoms with Gasteiger partial charge in [-0.1, -0.05) is 35.0 Å². The molecule has 1 unspecified atom stereocenters. The summed E-state index contributed by atoms with van der Waals surface area (Å²) < 4.78 is 15.6. The number of ether oxygens (including phenoxy) is 2. The van der Waals surface area contributed by atoms with E-state index < -0.39 is 0 Å². The lowest BCUT2D eigenvalue weighted by molar-refractivity contribution is -0.131. The molecule has 7 nitrogen and oxygen atoms in total. The molecule has 1 saturated heterocycles. The summed E-state index contributed by atoms with van der Waals surface area (Å²) in [6, 6.07) is 7.92. The highest BCUT2D eigenvalue weighted by Crippen LogP contribution is 2.30. The molecule has 140 valence electrons. The van der Waals surface area contributed by atoms with Crippen LogP contribution in [0.15, 0.2) is 28.8 Å². The monoisotopic (exact) mass is 359 g/mol. The minimum absolute atomic E-state index is 0.0980. The molecular formula is C19H25N3O4. The van der Waals surface area contributed by atoms with Crippen LogP contribution < -0.4 is 0 Å². The van der Waals surface area contributed by atoms with Gasteiger partial charge in [0.25, 0.3) is 5.89 Å². The third-order valence-electron chi connectivity index (χ3n) is 4.45. The zero-order valence-corrected chi connectivity index (χ0v) is 15.3. The van der Waals surface area contributed by atoms with E-state index in [1.165, 1.54) is 0 Å². The van der Waals surface area contributed by atoms with Crippen molar-refractivity contribution in [2.24, 2.45) is 0 Å². The van der Waals surface area contributed by atoms with E-state index in [0.717, 1.165) is 30.5 Å². The summed E-state index contributed by atoms with van der Waals surface area (Å²) in [5.74, 6) is 1.08. The molecule has 2 heterocycles. The van der Waals surface area contributed by atoms with Gasteiger partial charge in [-0.05, 0) is 25.3 Å². The van der Waals surface area contributed by atoms with Gasteiger partial charge in [-0.3, -0.25) is 4.79 Å². The summed E-state index contributed by atoms with van der Waals surface area (Å²) in [4.78, 5) is 19.0. The van der Waals surface area contributed by atoms with Crippen molar-refractivity contribution in [1.29, 1.82) is 0 Å². The Labute approximate surface area is 153 Å². The summed E-state index contributed by atoms with van der Waals surface area (Å²) in [5.41, 5.74) is 2.19. The summed E-state index contributed by atoms with van der Waals surface area (Å²) in [6.45, 7) is 4.00. The number of aryl methyl sites for hydroxylation is 1. The molecule has 1 aromatic heterocycles. The second-order valence-electron chi connectivity index (χ2n) is 6.50. The number of amides is 1. The molecule has 26 heavy (non-hydrogen) atoms. The molecule has 3 rings (SSSR count). The second-order valence-corrected chi connectivity index (χ2v) is 6.50. The molecule has 1 aliphatic heterocycles. The standard InChI is InChI=1S/C19H25N3O4/c1-14-5-3-6-15(11-14)12-18(23)22-8-4-7-16(22)19-20-17(26-21-19)13-25-10-9-24-2/h3,5-6,11,16H,4,7-10,12-13H2,1-2H3. The molecule has 0 N–H and O–H groups in total. The quantitative estimate of drug-likeness (QED) is 0.674. The van der Waals surface area contributed by atoms with Crippen LogP contribution in [-0.2, 0) is 27.3 Å². The van der Waals surface area contributed by atoms with Crippen molar-refractivity contribution in [2.45, 2.75) is 38.8 Å². The topological polar surface area (TPSA) is 77.7 Å². The Bertz CT molecular complexity index is 731. The van der Waals surface area contributed by atoms with Crippen LogP contribution in [0.2, 0.25) is 0 Å². The van der Waals surface area contributed by atoms with Gasteiger partial charge in [0.05, 0.1) is 25.7 Å². The highest BCUT2D eigenvalue weighted by Gasteiger charge is 2.33. The van der Waals surface area contributed by atoms with Crippen LogP contribution in [0, 0.1) is 6.92 Å². The first-order valence-corrected chi connectivity index (χ1v) is 8.91. The number of likely N-dealkylation sites (tertiary alicyclic amines) is 1. The van der Waals surface area contributed by atoms with Gasteiger partial charge in [0.2, 0.25) is 5.91 Å². The minimum Gasteiger partial charge on any atom is -0.382 e. The van der Waals surface area contributed by atoms with Gasteiger partial charge in [0.15, 0.2) is 5.82 Å². The van der Waals surface area contributed by atoms with Gasteiger partial charge >= 0.3 is 0 Å². The zero-order valence-electron chi connectivity index (χ0n) is 15.3. The predicted octanol–water partition coefficient (Wildman–Crippen LogP) is 2.45. The van der Waals surface area contributed by atoms with Crippen molar-refractivity contribution < 1.29 is 18.8 Å². The van der Waals surface area contributed by atoms with Crippen molar-refractivity contribution >= 4 is 5.91 Å². The van der Waals surface area contributed by atoms with Crippen LogP contribution in [0.3, 0.4) is 0 Å². The third-order valence-corrected chi connectivity index (χ3v) is 4.45. The number of hydrogen-bond donors (Lipinski definition) is 0. The van der Waals surface area contributed by atoms with E-state index in [4.69, 9.17) is 14.0 Å². The number of carbonyl (C=O) groups excluding carboxylic acids is 1. The molecule has 1 amide bonds. The van der Waals surface area contributed by atoms with E-state index in [-0.39, 0.29) is 18.6 Å². The Hall–Kier alpha value is -2.25. The summed E-state index contributed by atoms with van der Waals surface area (Å²) >= 11 is 0. The van der Waals surface area contributed by atoms with Crippen LogP contribution in [0.25, 0.3) is 0 Å². The van der Waals surface area contributed by atoms with Gasteiger partial charge in [0.1, 0.15) is 6.61 Å². The van der Waals surface area contributed by atoms with Crippen LogP contribution in [0.1, 0.15) is 41.7 Å². The Morgan fingerprint density at radius 2 is 2.27 bits per heavy atom. The molecule has 0 spiro atoms. The van der Waals surface area contributed by atoms with Crippen molar-refractivity contribution in [3.8, 4) is 0 Å². The van der Waals surface area contributed by atoms with E-state index >= 15 is 0 Å². The zero-order chi connectivity index (χ0) is 18.4. The van der Waals surface area contributed by atoms with Crippen molar-refractivity contribution in [3.63, 3.8) is 0 Å². The highest BCUT2D eigenvalue weighted by atomic mass is 16.5. The van der Waals surface area contributed by atoms with Gasteiger partial charge in [-0.2, -0.15) is 4.98 Å².